The lowest BCUT2D eigenvalue weighted by atomic mass is 10.1. The van der Waals surface area contributed by atoms with Gasteiger partial charge in [-0.2, -0.15) is 5.26 Å². The number of carbonyl (C=O) groups is 2. The Balaban J connectivity index is 2.43. The molecule has 0 aliphatic heterocycles. The fourth-order valence-electron chi connectivity index (χ4n) is 2.10. The van der Waals surface area contributed by atoms with Crippen molar-refractivity contribution in [3.8, 4) is 17.6 Å². The van der Waals surface area contributed by atoms with E-state index in [4.69, 9.17) is 19.5 Å². The molecule has 0 saturated heterocycles. The Bertz CT molecular complexity index is 787. The normalized spacial score (nSPS) is 9.80. The molecule has 0 N–H and O–H groups in total. The predicted molar refractivity (Wildman–Crippen MR) is 89.6 cm³/mol. The van der Waals surface area contributed by atoms with Crippen LogP contribution in [-0.4, -0.2) is 25.2 Å². The zero-order chi connectivity index (χ0) is 18.2. The van der Waals surface area contributed by atoms with E-state index in [1.165, 1.54) is 18.2 Å². The van der Waals surface area contributed by atoms with Crippen LogP contribution in [0.5, 0.6) is 11.5 Å². The van der Waals surface area contributed by atoms with Crippen LogP contribution >= 0.6 is 0 Å². The predicted octanol–water partition coefficient (Wildman–Crippen LogP) is 3.70. The van der Waals surface area contributed by atoms with Gasteiger partial charge in [0.05, 0.1) is 29.9 Å². The van der Waals surface area contributed by atoms with Gasteiger partial charge in [-0.1, -0.05) is 12.1 Å². The van der Waals surface area contributed by atoms with Crippen molar-refractivity contribution in [1.82, 2.24) is 0 Å². The van der Waals surface area contributed by atoms with Crippen molar-refractivity contribution >= 4 is 11.9 Å². The van der Waals surface area contributed by atoms with E-state index in [2.05, 4.69) is 0 Å². The van der Waals surface area contributed by atoms with Crippen LogP contribution in [0.2, 0.25) is 0 Å². The number of nitrogens with zero attached hydrogens (tertiary/aromatic N) is 1. The minimum atomic E-state index is -0.577. The second-order valence-electron chi connectivity index (χ2n) is 4.90. The van der Waals surface area contributed by atoms with Gasteiger partial charge >= 0.3 is 11.9 Å². The number of esters is 2. The van der Waals surface area contributed by atoms with Gasteiger partial charge in [0.25, 0.3) is 0 Å². The SMILES string of the molecule is CCOC(=O)c1cc(Oc2ccccc2C#N)cc(C(=O)OCC)c1. The average molecular weight is 339 g/mol. The second kappa shape index (κ2) is 8.50. The van der Waals surface area contributed by atoms with Gasteiger partial charge in [0.1, 0.15) is 17.6 Å². The van der Waals surface area contributed by atoms with Gasteiger partial charge in [-0.15, -0.1) is 0 Å². The van der Waals surface area contributed by atoms with E-state index in [0.29, 0.717) is 11.3 Å². The third-order valence-corrected chi connectivity index (χ3v) is 3.16. The van der Waals surface area contributed by atoms with E-state index < -0.39 is 11.9 Å². The summed E-state index contributed by atoms with van der Waals surface area (Å²) in [5, 5.41) is 9.14. The summed E-state index contributed by atoms with van der Waals surface area (Å²) in [5.74, 6) is -0.601. The summed E-state index contributed by atoms with van der Waals surface area (Å²) in [7, 11) is 0. The van der Waals surface area contributed by atoms with Gasteiger partial charge in [0.2, 0.25) is 0 Å². The number of benzene rings is 2. The highest BCUT2D eigenvalue weighted by molar-refractivity contribution is 5.96. The molecule has 6 heteroatoms. The Morgan fingerprint density at radius 2 is 1.52 bits per heavy atom. The maximum atomic E-state index is 12.0. The van der Waals surface area contributed by atoms with E-state index in [0.717, 1.165) is 0 Å². The fourth-order valence-corrected chi connectivity index (χ4v) is 2.10. The van der Waals surface area contributed by atoms with Crippen LogP contribution < -0.4 is 4.74 Å². The van der Waals surface area contributed by atoms with Crippen LogP contribution in [-0.2, 0) is 9.47 Å². The summed E-state index contributed by atoms with van der Waals surface area (Å²) in [6.07, 6.45) is 0. The van der Waals surface area contributed by atoms with Gasteiger partial charge in [0, 0.05) is 0 Å². The molecule has 0 heterocycles. The van der Waals surface area contributed by atoms with Crippen molar-refractivity contribution in [2.75, 3.05) is 13.2 Å². The molecule has 0 spiro atoms. The summed E-state index contributed by atoms with van der Waals surface area (Å²) >= 11 is 0. The molecule has 0 unspecified atom stereocenters. The van der Waals surface area contributed by atoms with Crippen molar-refractivity contribution in [3.05, 3.63) is 59.2 Å². The lowest BCUT2D eigenvalue weighted by Gasteiger charge is -2.11. The van der Waals surface area contributed by atoms with Crippen LogP contribution in [0.4, 0.5) is 0 Å². The highest BCUT2D eigenvalue weighted by atomic mass is 16.5. The van der Waals surface area contributed by atoms with Crippen LogP contribution in [0.25, 0.3) is 0 Å². The highest BCUT2D eigenvalue weighted by Gasteiger charge is 2.16. The van der Waals surface area contributed by atoms with Gasteiger partial charge in [-0.05, 0) is 44.2 Å². The van der Waals surface area contributed by atoms with Crippen molar-refractivity contribution in [1.29, 1.82) is 5.26 Å². The molecule has 0 fully saturated rings. The maximum absolute atomic E-state index is 12.0. The first-order chi connectivity index (χ1) is 12.1. The first-order valence-electron chi connectivity index (χ1n) is 7.75. The largest absolute Gasteiger partial charge is 0.462 e. The maximum Gasteiger partial charge on any atom is 0.338 e. The van der Waals surface area contributed by atoms with Crippen LogP contribution in [0, 0.1) is 11.3 Å². The van der Waals surface area contributed by atoms with E-state index in [9.17, 15) is 9.59 Å². The first-order valence-corrected chi connectivity index (χ1v) is 7.75. The highest BCUT2D eigenvalue weighted by Crippen LogP contribution is 2.27. The molecule has 25 heavy (non-hydrogen) atoms. The lowest BCUT2D eigenvalue weighted by Crippen LogP contribution is -2.09. The topological polar surface area (TPSA) is 85.6 Å². The van der Waals surface area contributed by atoms with Crippen molar-refractivity contribution in [3.63, 3.8) is 0 Å². The third kappa shape index (κ3) is 4.58. The molecule has 0 bridgehead atoms. The minimum Gasteiger partial charge on any atom is -0.462 e. The Morgan fingerprint density at radius 3 is 2.04 bits per heavy atom. The summed E-state index contributed by atoms with van der Waals surface area (Å²) < 4.78 is 15.6. The molecule has 0 amide bonds. The quantitative estimate of drug-likeness (QED) is 0.746. The number of ether oxygens (including phenoxy) is 3. The van der Waals surface area contributed by atoms with Gasteiger partial charge in [0.15, 0.2) is 0 Å². The number of hydrogen-bond acceptors (Lipinski definition) is 6. The number of rotatable bonds is 6. The molecule has 0 radical (unpaired) electrons. The molecule has 0 aromatic heterocycles. The first kappa shape index (κ1) is 18.0. The average Bonchev–Trinajstić information content (AvgIpc) is 2.62. The monoisotopic (exact) mass is 339 g/mol. The van der Waals surface area contributed by atoms with Gasteiger partial charge in [-0.3, -0.25) is 0 Å². The molecular weight excluding hydrogens is 322 g/mol. The smallest absolute Gasteiger partial charge is 0.338 e. The molecule has 0 atom stereocenters. The molecule has 0 saturated carbocycles. The number of carbonyl (C=O) groups excluding carboxylic acids is 2. The van der Waals surface area contributed by atoms with Crippen molar-refractivity contribution in [2.24, 2.45) is 0 Å². The molecule has 128 valence electrons. The molecule has 2 aromatic carbocycles. The second-order valence-corrected chi connectivity index (χ2v) is 4.90. The van der Waals surface area contributed by atoms with E-state index in [1.54, 1.807) is 38.1 Å². The summed E-state index contributed by atoms with van der Waals surface area (Å²) in [4.78, 5) is 24.0. The minimum absolute atomic E-state index is 0.164. The van der Waals surface area contributed by atoms with E-state index in [-0.39, 0.29) is 30.1 Å². The Labute approximate surface area is 145 Å². The summed E-state index contributed by atoms with van der Waals surface area (Å²) in [5.41, 5.74) is 0.662. The zero-order valence-electron chi connectivity index (χ0n) is 13.9. The zero-order valence-corrected chi connectivity index (χ0v) is 13.9. The lowest BCUT2D eigenvalue weighted by molar-refractivity contribution is 0.0524. The Kier molecular flexibility index (Phi) is 6.13. The molecule has 0 aliphatic rings. The van der Waals surface area contributed by atoms with Crippen LogP contribution in [0.1, 0.15) is 40.1 Å². The Morgan fingerprint density at radius 1 is 0.960 bits per heavy atom. The molecular formula is C19H17NO5. The van der Waals surface area contributed by atoms with Crippen LogP contribution in [0.3, 0.4) is 0 Å². The summed E-state index contributed by atoms with van der Waals surface area (Å²) in [6.45, 7) is 3.78. The standard InChI is InChI=1S/C19H17NO5/c1-3-23-18(21)14-9-15(19(22)24-4-2)11-16(10-14)25-17-8-6-5-7-13(17)12-20/h5-11H,3-4H2,1-2H3. The van der Waals surface area contributed by atoms with E-state index in [1.807, 2.05) is 6.07 Å². The number of nitriles is 1. The van der Waals surface area contributed by atoms with E-state index >= 15 is 0 Å². The van der Waals surface area contributed by atoms with Crippen molar-refractivity contribution < 1.29 is 23.8 Å². The fraction of sp³-hybridized carbons (Fsp3) is 0.211. The molecule has 2 aromatic rings. The molecule has 0 aliphatic carbocycles. The van der Waals surface area contributed by atoms with Gasteiger partial charge < -0.3 is 14.2 Å². The van der Waals surface area contributed by atoms with Crippen LogP contribution in [0.15, 0.2) is 42.5 Å². The summed E-state index contributed by atoms with van der Waals surface area (Å²) in [6, 6.07) is 13.0. The Hall–Kier alpha value is -3.33. The third-order valence-electron chi connectivity index (χ3n) is 3.16. The molecule has 2 rings (SSSR count). The van der Waals surface area contributed by atoms with Gasteiger partial charge in [-0.25, -0.2) is 9.59 Å². The number of para-hydroxylation sites is 1. The number of hydrogen-bond donors (Lipinski definition) is 0. The van der Waals surface area contributed by atoms with Crippen molar-refractivity contribution in [2.45, 2.75) is 13.8 Å². The molecule has 6 nitrogen and oxygen atoms in total.